The smallest absolute Gasteiger partial charge is 0.321 e. The molecule has 10 nitrogen and oxygen atoms in total. The highest BCUT2D eigenvalue weighted by Gasteiger charge is 2.27. The van der Waals surface area contributed by atoms with Gasteiger partial charge in [0.25, 0.3) is 0 Å². The van der Waals surface area contributed by atoms with E-state index in [1.54, 1.807) is 7.11 Å². The molecule has 2 aromatic carbocycles. The highest BCUT2D eigenvalue weighted by atomic mass is 32.2. The van der Waals surface area contributed by atoms with Crippen molar-refractivity contribution < 1.29 is 19.1 Å². The molecule has 3 aromatic rings. The van der Waals surface area contributed by atoms with E-state index in [0.717, 1.165) is 22.5 Å². The van der Waals surface area contributed by atoms with Crippen molar-refractivity contribution in [1.82, 2.24) is 25.4 Å². The number of aryl methyl sites for hydroxylation is 2. The van der Waals surface area contributed by atoms with Gasteiger partial charge in [-0.25, -0.2) is 4.79 Å². The molecule has 1 fully saturated rings. The van der Waals surface area contributed by atoms with Crippen LogP contribution in [-0.4, -0.2) is 51.5 Å². The van der Waals surface area contributed by atoms with E-state index < -0.39 is 12.1 Å². The van der Waals surface area contributed by atoms with E-state index in [-0.39, 0.29) is 24.0 Å². The van der Waals surface area contributed by atoms with E-state index in [4.69, 9.17) is 4.74 Å². The van der Waals surface area contributed by atoms with Crippen LogP contribution in [0.3, 0.4) is 0 Å². The molecule has 0 spiro atoms. The van der Waals surface area contributed by atoms with Gasteiger partial charge >= 0.3 is 6.03 Å². The first kappa shape index (κ1) is 24.3. The molecule has 1 saturated heterocycles. The Morgan fingerprint density at radius 1 is 1.17 bits per heavy atom. The Balaban J connectivity index is 1.55. The van der Waals surface area contributed by atoms with Crippen molar-refractivity contribution in [2.45, 2.75) is 37.9 Å². The minimum Gasteiger partial charge on any atom is -0.497 e. The fraction of sp³-hybridized carbons (Fsp3) is 0.292. The lowest BCUT2D eigenvalue weighted by Gasteiger charge is -2.23. The number of hydrogen-bond acceptors (Lipinski definition) is 7. The molecule has 1 unspecified atom stereocenters. The number of methoxy groups -OCH3 is 1. The van der Waals surface area contributed by atoms with Crippen LogP contribution in [0.1, 0.15) is 23.4 Å². The first-order valence-corrected chi connectivity index (χ1v) is 12.0. The first-order valence-electron chi connectivity index (χ1n) is 11.0. The number of urea groups is 1. The van der Waals surface area contributed by atoms with Crippen LogP contribution >= 0.6 is 11.8 Å². The third-order valence-electron chi connectivity index (χ3n) is 5.48. The number of aromatic nitrogens is 3. The van der Waals surface area contributed by atoms with Crippen LogP contribution in [0, 0.1) is 13.8 Å². The summed E-state index contributed by atoms with van der Waals surface area (Å²) in [7, 11) is 1.59. The highest BCUT2D eigenvalue weighted by Crippen LogP contribution is 2.25. The Kier molecular flexibility index (Phi) is 7.35. The largest absolute Gasteiger partial charge is 0.497 e. The predicted molar refractivity (Wildman–Crippen MR) is 132 cm³/mol. The molecule has 182 valence electrons. The topological polar surface area (TPSA) is 127 Å². The van der Waals surface area contributed by atoms with Gasteiger partial charge in [0.05, 0.1) is 12.9 Å². The zero-order valence-electron chi connectivity index (χ0n) is 19.6. The van der Waals surface area contributed by atoms with Crippen molar-refractivity contribution in [3.05, 3.63) is 59.4 Å². The summed E-state index contributed by atoms with van der Waals surface area (Å²) >= 11 is 1.25. The molecule has 35 heavy (non-hydrogen) atoms. The molecule has 3 N–H and O–H groups in total. The van der Waals surface area contributed by atoms with E-state index in [2.05, 4.69) is 26.1 Å². The van der Waals surface area contributed by atoms with Crippen molar-refractivity contribution in [1.29, 1.82) is 0 Å². The Morgan fingerprint density at radius 2 is 1.94 bits per heavy atom. The van der Waals surface area contributed by atoms with Crippen LogP contribution in [0.4, 0.5) is 10.5 Å². The van der Waals surface area contributed by atoms with Crippen molar-refractivity contribution in [2.24, 2.45) is 0 Å². The minimum atomic E-state index is -0.528. The summed E-state index contributed by atoms with van der Waals surface area (Å²) < 4.78 is 7.08. The molecule has 4 amide bonds. The van der Waals surface area contributed by atoms with Gasteiger partial charge in [-0.05, 0) is 55.3 Å². The molecule has 1 atom stereocenters. The van der Waals surface area contributed by atoms with Crippen LogP contribution in [0.2, 0.25) is 0 Å². The third-order valence-corrected chi connectivity index (χ3v) is 6.41. The Morgan fingerprint density at radius 3 is 2.66 bits per heavy atom. The van der Waals surface area contributed by atoms with E-state index >= 15 is 0 Å². The number of hydrogen-bond donors (Lipinski definition) is 3. The lowest BCUT2D eigenvalue weighted by molar-refractivity contribution is -0.121. The van der Waals surface area contributed by atoms with E-state index in [1.165, 1.54) is 11.8 Å². The van der Waals surface area contributed by atoms with Gasteiger partial charge in [0.15, 0.2) is 5.16 Å². The quantitative estimate of drug-likeness (QED) is 0.411. The van der Waals surface area contributed by atoms with Gasteiger partial charge in [-0.2, -0.15) is 0 Å². The summed E-state index contributed by atoms with van der Waals surface area (Å²) in [6, 6.07) is 12.3. The normalized spacial score (nSPS) is 15.3. The van der Waals surface area contributed by atoms with Crippen LogP contribution in [0.5, 0.6) is 5.75 Å². The molecule has 0 bridgehead atoms. The van der Waals surface area contributed by atoms with Gasteiger partial charge in [0.1, 0.15) is 11.6 Å². The first-order chi connectivity index (χ1) is 16.8. The Labute approximate surface area is 206 Å². The lowest BCUT2D eigenvalue weighted by Crippen LogP contribution is -2.53. The molecule has 1 aliphatic heterocycles. The molecule has 1 aromatic heterocycles. The molecular weight excluding hydrogens is 468 g/mol. The number of carbonyl (C=O) groups excluding carboxylic acids is 3. The second-order valence-electron chi connectivity index (χ2n) is 8.21. The monoisotopic (exact) mass is 494 g/mol. The van der Waals surface area contributed by atoms with Crippen molar-refractivity contribution >= 4 is 35.3 Å². The number of carbonyl (C=O) groups is 3. The Hall–Kier alpha value is -3.86. The number of anilines is 1. The molecule has 4 rings (SSSR count). The number of imide groups is 1. The van der Waals surface area contributed by atoms with Crippen molar-refractivity contribution in [3.63, 3.8) is 0 Å². The van der Waals surface area contributed by atoms with Gasteiger partial charge in [-0.1, -0.05) is 23.9 Å². The summed E-state index contributed by atoms with van der Waals surface area (Å²) in [5.41, 5.74) is 3.59. The average Bonchev–Trinajstić information content (AvgIpc) is 3.21. The zero-order chi connectivity index (χ0) is 24.9. The number of rotatable bonds is 8. The van der Waals surface area contributed by atoms with Gasteiger partial charge in [0.2, 0.25) is 11.8 Å². The highest BCUT2D eigenvalue weighted by molar-refractivity contribution is 7.99. The zero-order valence-corrected chi connectivity index (χ0v) is 20.4. The van der Waals surface area contributed by atoms with Gasteiger partial charge in [0, 0.05) is 30.3 Å². The van der Waals surface area contributed by atoms with E-state index in [9.17, 15) is 14.4 Å². The minimum absolute atomic E-state index is 0.129. The lowest BCUT2D eigenvalue weighted by atomic mass is 10.1. The fourth-order valence-corrected chi connectivity index (χ4v) is 4.49. The van der Waals surface area contributed by atoms with Crippen molar-refractivity contribution in [2.75, 3.05) is 18.2 Å². The molecule has 1 aliphatic rings. The van der Waals surface area contributed by atoms with Crippen molar-refractivity contribution in [3.8, 4) is 11.4 Å². The Bertz CT molecular complexity index is 1240. The number of amides is 4. The molecule has 0 radical (unpaired) electrons. The SMILES string of the molecule is COc1ccc(-n2c(CC3CC(=O)NC(=O)N3)nnc2SCC(=O)Nc2cc(C)ccc2C)cc1. The summed E-state index contributed by atoms with van der Waals surface area (Å²) in [6.45, 7) is 3.92. The molecule has 2 heterocycles. The predicted octanol–water partition coefficient (Wildman–Crippen LogP) is 2.76. The second-order valence-corrected chi connectivity index (χ2v) is 9.16. The van der Waals surface area contributed by atoms with Gasteiger partial charge < -0.3 is 15.4 Å². The van der Waals surface area contributed by atoms with Gasteiger partial charge in [-0.15, -0.1) is 10.2 Å². The van der Waals surface area contributed by atoms with Crippen LogP contribution in [-0.2, 0) is 16.0 Å². The maximum atomic E-state index is 12.7. The van der Waals surface area contributed by atoms with E-state index in [1.807, 2.05) is 60.9 Å². The molecule has 11 heteroatoms. The van der Waals surface area contributed by atoms with Crippen LogP contribution in [0.25, 0.3) is 5.69 Å². The number of nitrogens with one attached hydrogen (secondary N) is 3. The molecular formula is C24H26N6O4S. The number of thioether (sulfide) groups is 1. The second kappa shape index (κ2) is 10.6. The maximum Gasteiger partial charge on any atom is 0.321 e. The summed E-state index contributed by atoms with van der Waals surface area (Å²) in [5, 5.41) is 17.1. The number of ether oxygens (including phenoxy) is 1. The van der Waals surface area contributed by atoms with Crippen LogP contribution < -0.4 is 20.7 Å². The third kappa shape index (κ3) is 5.99. The summed E-state index contributed by atoms with van der Waals surface area (Å²) in [4.78, 5) is 36.2. The molecule has 0 aliphatic carbocycles. The van der Waals surface area contributed by atoms with E-state index in [0.29, 0.717) is 23.2 Å². The average molecular weight is 495 g/mol. The molecule has 0 saturated carbocycles. The summed E-state index contributed by atoms with van der Waals surface area (Å²) in [5.74, 6) is 0.886. The maximum absolute atomic E-state index is 12.7. The van der Waals surface area contributed by atoms with Crippen LogP contribution in [0.15, 0.2) is 47.6 Å². The standard InChI is InChI=1S/C24H26N6O4S/c1-14-4-5-15(2)19(10-14)26-22(32)13-35-24-29-28-20(11-16-12-21(31)27-23(33)25-16)30(24)17-6-8-18(34-3)9-7-17/h4-10,16H,11-13H2,1-3H3,(H,26,32)(H2,25,27,31,33). The fourth-order valence-electron chi connectivity index (χ4n) is 3.72. The number of nitrogens with zero attached hydrogens (tertiary/aromatic N) is 3. The number of benzene rings is 2. The summed E-state index contributed by atoms with van der Waals surface area (Å²) in [6.07, 6.45) is 0.440. The van der Waals surface area contributed by atoms with Gasteiger partial charge in [-0.3, -0.25) is 19.5 Å².